The van der Waals surface area contributed by atoms with Crippen molar-refractivity contribution in [2.45, 2.75) is 58.0 Å². The molecule has 0 saturated carbocycles. The van der Waals surface area contributed by atoms with Gasteiger partial charge in [-0.2, -0.15) is 0 Å². The van der Waals surface area contributed by atoms with Crippen molar-refractivity contribution in [3.63, 3.8) is 0 Å². The highest BCUT2D eigenvalue weighted by atomic mass is 16.2. The highest BCUT2D eigenvalue weighted by molar-refractivity contribution is 5.91. The summed E-state index contributed by atoms with van der Waals surface area (Å²) in [5.41, 5.74) is -1.20. The Kier molecular flexibility index (Phi) is 5.96. The van der Waals surface area contributed by atoms with Gasteiger partial charge in [0.15, 0.2) is 0 Å². The Bertz CT molecular complexity index is 395. The summed E-state index contributed by atoms with van der Waals surface area (Å²) in [4.78, 5) is 24.6. The maximum absolute atomic E-state index is 12.9. The molecule has 2 amide bonds. The van der Waals surface area contributed by atoms with Crippen LogP contribution in [0.1, 0.15) is 47.0 Å². The fourth-order valence-electron chi connectivity index (χ4n) is 2.90. The summed E-state index contributed by atoms with van der Waals surface area (Å²) >= 11 is 0. The second-order valence-corrected chi connectivity index (χ2v) is 6.87. The summed E-state index contributed by atoms with van der Waals surface area (Å²) in [6.07, 6.45) is 3.94. The predicted molar refractivity (Wildman–Crippen MR) is 84.9 cm³/mol. The molecule has 0 radical (unpaired) electrons. The number of amides is 2. The van der Waals surface area contributed by atoms with Crippen LogP contribution in [0, 0.1) is 5.92 Å². The fraction of sp³-hybridized carbons (Fsp3) is 0.750. The van der Waals surface area contributed by atoms with Crippen LogP contribution in [0.3, 0.4) is 0 Å². The Morgan fingerprint density at radius 1 is 1.33 bits per heavy atom. The van der Waals surface area contributed by atoms with Gasteiger partial charge >= 0.3 is 0 Å². The van der Waals surface area contributed by atoms with Crippen LogP contribution < -0.4 is 16.0 Å². The van der Waals surface area contributed by atoms with Crippen LogP contribution in [0.2, 0.25) is 0 Å². The molecule has 3 N–H and O–H groups in total. The number of carbonyl (C=O) groups is 2. The van der Waals surface area contributed by atoms with Gasteiger partial charge in [0, 0.05) is 24.9 Å². The van der Waals surface area contributed by atoms with Crippen molar-refractivity contribution in [3.05, 3.63) is 12.7 Å². The van der Waals surface area contributed by atoms with Gasteiger partial charge in [0.25, 0.3) is 0 Å². The molecular formula is C16H29N3O2. The van der Waals surface area contributed by atoms with Gasteiger partial charge in [0.2, 0.25) is 11.8 Å². The third-order valence-electron chi connectivity index (χ3n) is 3.79. The number of carbonyl (C=O) groups excluding carboxylic acids is 2. The summed E-state index contributed by atoms with van der Waals surface area (Å²) < 4.78 is 0. The Labute approximate surface area is 127 Å². The van der Waals surface area contributed by atoms with Gasteiger partial charge in [-0.1, -0.05) is 6.08 Å². The first kappa shape index (κ1) is 17.7. The Morgan fingerprint density at radius 3 is 2.43 bits per heavy atom. The molecule has 1 heterocycles. The summed E-state index contributed by atoms with van der Waals surface area (Å²) in [6, 6.07) is 0. The zero-order valence-corrected chi connectivity index (χ0v) is 13.7. The van der Waals surface area contributed by atoms with E-state index in [0.29, 0.717) is 12.8 Å². The van der Waals surface area contributed by atoms with Crippen molar-refractivity contribution in [1.82, 2.24) is 16.0 Å². The van der Waals surface area contributed by atoms with Crippen molar-refractivity contribution in [2.75, 3.05) is 13.1 Å². The standard InChI is InChI=1S/C16H29N3O2/c1-6-7-9-16(18-12(2)20,13-8-10-17-11-13)14(21)19-15(3,4)5/h6,13,17H,1,7-11H2,2-5H3,(H,18,20)(H,19,21)/t13-,16?/m1/s1. The zero-order chi connectivity index (χ0) is 16.1. The molecule has 21 heavy (non-hydrogen) atoms. The number of nitrogens with one attached hydrogen (secondary N) is 3. The monoisotopic (exact) mass is 295 g/mol. The number of allylic oxidation sites excluding steroid dienone is 1. The van der Waals surface area contributed by atoms with Gasteiger partial charge in [-0.15, -0.1) is 6.58 Å². The Balaban J connectivity index is 3.10. The molecule has 5 nitrogen and oxygen atoms in total. The molecule has 120 valence electrons. The van der Waals surface area contributed by atoms with Crippen LogP contribution in [0.4, 0.5) is 0 Å². The van der Waals surface area contributed by atoms with Crippen LogP contribution in [-0.2, 0) is 9.59 Å². The molecule has 1 aliphatic heterocycles. The first-order chi connectivity index (χ1) is 9.71. The lowest BCUT2D eigenvalue weighted by Gasteiger charge is -2.40. The fourth-order valence-corrected chi connectivity index (χ4v) is 2.90. The van der Waals surface area contributed by atoms with Crippen molar-refractivity contribution in [1.29, 1.82) is 0 Å². The second kappa shape index (κ2) is 7.07. The van der Waals surface area contributed by atoms with E-state index >= 15 is 0 Å². The lowest BCUT2D eigenvalue weighted by atomic mass is 9.77. The van der Waals surface area contributed by atoms with Crippen molar-refractivity contribution in [3.8, 4) is 0 Å². The molecule has 0 spiro atoms. The summed E-state index contributed by atoms with van der Waals surface area (Å²) in [7, 11) is 0. The predicted octanol–water partition coefficient (Wildman–Crippen LogP) is 1.35. The number of rotatable bonds is 6. The minimum absolute atomic E-state index is 0.0965. The molecule has 0 aliphatic carbocycles. The number of hydrogen-bond acceptors (Lipinski definition) is 3. The van der Waals surface area contributed by atoms with Gasteiger partial charge < -0.3 is 16.0 Å². The maximum atomic E-state index is 12.9. The largest absolute Gasteiger partial charge is 0.349 e. The van der Waals surface area contributed by atoms with E-state index in [1.54, 1.807) is 6.08 Å². The second-order valence-electron chi connectivity index (χ2n) is 6.87. The van der Waals surface area contributed by atoms with E-state index in [-0.39, 0.29) is 23.3 Å². The molecule has 0 aromatic carbocycles. The molecule has 1 aliphatic rings. The van der Waals surface area contributed by atoms with Crippen LogP contribution in [-0.4, -0.2) is 36.0 Å². The first-order valence-electron chi connectivity index (χ1n) is 7.64. The quantitative estimate of drug-likeness (QED) is 0.648. The summed E-state index contributed by atoms with van der Waals surface area (Å²) in [5, 5.41) is 9.28. The van der Waals surface area contributed by atoms with Gasteiger partial charge in [-0.3, -0.25) is 9.59 Å². The lowest BCUT2D eigenvalue weighted by Crippen LogP contribution is -2.65. The maximum Gasteiger partial charge on any atom is 0.246 e. The van der Waals surface area contributed by atoms with E-state index in [9.17, 15) is 9.59 Å². The van der Waals surface area contributed by atoms with Gasteiger partial charge in [-0.25, -0.2) is 0 Å². The molecule has 2 atom stereocenters. The minimum atomic E-state index is -0.864. The Hall–Kier alpha value is -1.36. The van der Waals surface area contributed by atoms with Gasteiger partial charge in [-0.05, 0) is 46.6 Å². The minimum Gasteiger partial charge on any atom is -0.349 e. The van der Waals surface area contributed by atoms with Crippen molar-refractivity contribution in [2.24, 2.45) is 5.92 Å². The van der Waals surface area contributed by atoms with Crippen molar-refractivity contribution < 1.29 is 9.59 Å². The first-order valence-corrected chi connectivity index (χ1v) is 7.64. The molecule has 1 saturated heterocycles. The topological polar surface area (TPSA) is 70.2 Å². The van der Waals surface area contributed by atoms with Gasteiger partial charge in [0.05, 0.1) is 0 Å². The molecule has 1 rings (SSSR count). The molecular weight excluding hydrogens is 266 g/mol. The SMILES string of the molecule is C=CCCC(NC(C)=O)(C(=O)NC(C)(C)C)[C@@H]1CCNC1. The third-order valence-corrected chi connectivity index (χ3v) is 3.79. The van der Waals surface area contributed by atoms with E-state index in [4.69, 9.17) is 0 Å². The van der Waals surface area contributed by atoms with E-state index in [2.05, 4.69) is 22.5 Å². The van der Waals surface area contributed by atoms with Crippen LogP contribution in [0.15, 0.2) is 12.7 Å². The zero-order valence-electron chi connectivity index (χ0n) is 13.7. The highest BCUT2D eigenvalue weighted by Gasteiger charge is 2.47. The van der Waals surface area contributed by atoms with Crippen LogP contribution in [0.5, 0.6) is 0 Å². The molecule has 0 bridgehead atoms. The smallest absolute Gasteiger partial charge is 0.246 e. The summed E-state index contributed by atoms with van der Waals surface area (Å²) in [6.45, 7) is 12.7. The average molecular weight is 295 g/mol. The molecule has 1 fully saturated rings. The summed E-state index contributed by atoms with van der Waals surface area (Å²) in [5.74, 6) is -0.167. The van der Waals surface area contributed by atoms with Crippen LogP contribution in [0.25, 0.3) is 0 Å². The molecule has 5 heteroatoms. The third kappa shape index (κ3) is 4.84. The Morgan fingerprint density at radius 2 is 2.00 bits per heavy atom. The molecule has 1 unspecified atom stereocenters. The van der Waals surface area contributed by atoms with E-state index < -0.39 is 5.54 Å². The van der Waals surface area contributed by atoms with E-state index in [1.807, 2.05) is 20.8 Å². The van der Waals surface area contributed by atoms with E-state index in [1.165, 1.54) is 6.92 Å². The average Bonchev–Trinajstić information content (AvgIpc) is 2.85. The number of hydrogen-bond donors (Lipinski definition) is 3. The van der Waals surface area contributed by atoms with Gasteiger partial charge in [0.1, 0.15) is 5.54 Å². The van der Waals surface area contributed by atoms with Crippen molar-refractivity contribution >= 4 is 11.8 Å². The molecule has 0 aromatic heterocycles. The molecule has 0 aromatic rings. The van der Waals surface area contributed by atoms with Crippen LogP contribution >= 0.6 is 0 Å². The van der Waals surface area contributed by atoms with E-state index in [0.717, 1.165) is 19.5 Å². The normalized spacial score (nSPS) is 21.4. The highest BCUT2D eigenvalue weighted by Crippen LogP contribution is 2.30. The lowest BCUT2D eigenvalue weighted by molar-refractivity contribution is -0.136.